The number of esters is 1. The number of rotatable bonds is 7. The normalized spacial score (nSPS) is 12.3. The van der Waals surface area contributed by atoms with Gasteiger partial charge >= 0.3 is 22.3 Å². The van der Waals surface area contributed by atoms with Gasteiger partial charge in [-0.25, -0.2) is 4.79 Å². The molecule has 2 rings (SSSR count). The zero-order chi connectivity index (χ0) is 23.6. The number of carbonyl (C=O) groups is 2. The number of fused-ring (bicyclic) bond motifs is 1. The minimum atomic E-state index is -4.05. The summed E-state index contributed by atoms with van der Waals surface area (Å²) in [4.78, 5) is 24.5. The molecule has 0 spiro atoms. The molecule has 0 saturated carbocycles. The van der Waals surface area contributed by atoms with E-state index < -0.39 is 27.9 Å². The monoisotopic (exact) mass is 517 g/mol. The van der Waals surface area contributed by atoms with E-state index in [4.69, 9.17) is 9.47 Å². The second-order valence-corrected chi connectivity index (χ2v) is 11.1. The lowest BCUT2D eigenvalue weighted by Crippen LogP contribution is -2.46. The van der Waals surface area contributed by atoms with Crippen LogP contribution in [0.25, 0.3) is 10.9 Å². The number of carbonyl (C=O) groups excluding carboxylic acids is 2. The fourth-order valence-electron chi connectivity index (χ4n) is 2.91. The smallest absolute Gasteiger partial charge is 0.425 e. The molecule has 31 heavy (non-hydrogen) atoms. The van der Waals surface area contributed by atoms with Crippen molar-refractivity contribution in [3.63, 3.8) is 0 Å². The third-order valence-corrected chi connectivity index (χ3v) is 6.68. The van der Waals surface area contributed by atoms with Gasteiger partial charge in [0.25, 0.3) is 0 Å². The highest BCUT2D eigenvalue weighted by Crippen LogP contribution is 2.26. The molecule has 2 aromatic rings. The topological polar surface area (TPSA) is 98.1 Å². The molecule has 0 aliphatic heterocycles. The van der Waals surface area contributed by atoms with Gasteiger partial charge in [-0.3, -0.25) is 4.79 Å². The lowest BCUT2D eigenvalue weighted by molar-refractivity contribution is -0.141. The van der Waals surface area contributed by atoms with E-state index in [0.29, 0.717) is 0 Å². The zero-order valence-corrected chi connectivity index (χ0v) is 20.9. The van der Waals surface area contributed by atoms with Crippen LogP contribution in [0.3, 0.4) is 0 Å². The van der Waals surface area contributed by atoms with E-state index >= 15 is 0 Å². The molecule has 0 unspecified atom stereocenters. The summed E-state index contributed by atoms with van der Waals surface area (Å²) in [5.41, 5.74) is 0.725. The molecular weight excluding hydrogens is 490 g/mol. The third-order valence-electron chi connectivity index (χ3n) is 4.38. The number of hydrogen-bond acceptors (Lipinski definition) is 6. The highest BCUT2D eigenvalue weighted by Gasteiger charge is 2.33. The molecular formula is C20H28BrN3O6S. The van der Waals surface area contributed by atoms with Gasteiger partial charge < -0.3 is 14.0 Å². The maximum Gasteiger partial charge on any atom is 0.425 e. The molecule has 0 aliphatic carbocycles. The van der Waals surface area contributed by atoms with Gasteiger partial charge in [-0.05, 0) is 44.9 Å². The molecule has 11 heteroatoms. The van der Waals surface area contributed by atoms with Crippen molar-refractivity contribution in [3.05, 3.63) is 34.4 Å². The number of amides is 1. The molecule has 0 N–H and O–H groups in total. The summed E-state index contributed by atoms with van der Waals surface area (Å²) in [6, 6.07) is 5.60. The molecule has 1 aromatic heterocycles. The van der Waals surface area contributed by atoms with E-state index in [2.05, 4.69) is 15.9 Å². The van der Waals surface area contributed by atoms with Crippen LogP contribution in [0.2, 0.25) is 0 Å². The molecule has 1 amide bonds. The maximum atomic E-state index is 12.8. The van der Waals surface area contributed by atoms with Crippen LogP contribution < -0.4 is 0 Å². The van der Waals surface area contributed by atoms with Crippen LogP contribution >= 0.6 is 15.9 Å². The second-order valence-electron chi connectivity index (χ2n) is 8.11. The van der Waals surface area contributed by atoms with Gasteiger partial charge in [0, 0.05) is 42.2 Å². The lowest BCUT2D eigenvalue weighted by atomic mass is 10.1. The van der Waals surface area contributed by atoms with Crippen molar-refractivity contribution in [1.82, 2.24) is 13.2 Å². The number of methoxy groups -OCH3 is 1. The SMILES string of the molecule is COC(=O)Cn1cc(CCN(C(=O)OC(C)(C)C)S(=O)(=O)N(C)C)c2ccc(Br)cc21. The molecule has 1 heterocycles. The molecule has 172 valence electrons. The average Bonchev–Trinajstić information content (AvgIpc) is 2.96. The molecule has 1 aromatic carbocycles. The minimum absolute atomic E-state index is 0.00916. The first-order valence-electron chi connectivity index (χ1n) is 9.53. The molecule has 9 nitrogen and oxygen atoms in total. The molecule has 0 saturated heterocycles. The summed E-state index contributed by atoms with van der Waals surface area (Å²) in [5, 5.41) is 0.846. The summed E-state index contributed by atoms with van der Waals surface area (Å²) in [6.07, 6.45) is 1.06. The van der Waals surface area contributed by atoms with Crippen molar-refractivity contribution >= 4 is 49.1 Å². The van der Waals surface area contributed by atoms with E-state index in [0.717, 1.165) is 29.5 Å². The Morgan fingerprint density at radius 2 is 1.84 bits per heavy atom. The van der Waals surface area contributed by atoms with Crippen molar-refractivity contribution in [1.29, 1.82) is 0 Å². The summed E-state index contributed by atoms with van der Waals surface area (Å²) in [7, 11) is -0.0308. The largest absolute Gasteiger partial charge is 0.468 e. The molecule has 0 fully saturated rings. The zero-order valence-electron chi connectivity index (χ0n) is 18.5. The standard InChI is InChI=1S/C20H28BrN3O6S/c1-20(2,3)30-19(26)24(31(27,28)22(4)5)10-9-14-12-23(13-18(25)29-6)17-11-15(21)7-8-16(14)17/h7-8,11-12H,9-10,13H2,1-6H3. The maximum absolute atomic E-state index is 12.8. The predicted octanol–water partition coefficient (Wildman–Crippen LogP) is 3.16. The van der Waals surface area contributed by atoms with E-state index in [-0.39, 0.29) is 19.5 Å². The van der Waals surface area contributed by atoms with Crippen molar-refractivity contribution in [3.8, 4) is 0 Å². The lowest BCUT2D eigenvalue weighted by Gasteiger charge is -2.28. The Labute approximate surface area is 191 Å². The highest BCUT2D eigenvalue weighted by molar-refractivity contribution is 9.10. The Bertz CT molecular complexity index is 1070. The first-order valence-corrected chi connectivity index (χ1v) is 11.7. The summed E-state index contributed by atoms with van der Waals surface area (Å²) in [5.74, 6) is -0.408. The first kappa shape index (κ1) is 25.2. The quantitative estimate of drug-likeness (QED) is 0.523. The van der Waals surface area contributed by atoms with Gasteiger partial charge in [-0.15, -0.1) is 0 Å². The van der Waals surface area contributed by atoms with Crippen molar-refractivity contribution in [2.24, 2.45) is 0 Å². The van der Waals surface area contributed by atoms with Gasteiger partial charge in [-0.1, -0.05) is 22.0 Å². The molecule has 0 radical (unpaired) electrons. The Balaban J connectivity index is 2.40. The van der Waals surface area contributed by atoms with Crippen LogP contribution in [-0.4, -0.2) is 67.0 Å². The Morgan fingerprint density at radius 3 is 2.39 bits per heavy atom. The third kappa shape index (κ3) is 6.20. The number of halogens is 1. The van der Waals surface area contributed by atoms with Crippen LogP contribution in [0.1, 0.15) is 26.3 Å². The van der Waals surface area contributed by atoms with Crippen LogP contribution in [0, 0.1) is 0 Å². The van der Waals surface area contributed by atoms with Crippen molar-refractivity contribution in [2.45, 2.75) is 39.3 Å². The Morgan fingerprint density at radius 1 is 1.19 bits per heavy atom. The second kappa shape index (κ2) is 9.58. The highest BCUT2D eigenvalue weighted by atomic mass is 79.9. The van der Waals surface area contributed by atoms with Crippen LogP contribution in [0.4, 0.5) is 4.79 Å². The summed E-state index contributed by atoms with van der Waals surface area (Å²) in [6.45, 7) is 4.90. The van der Waals surface area contributed by atoms with Gasteiger partial charge in [0.1, 0.15) is 12.1 Å². The summed E-state index contributed by atoms with van der Waals surface area (Å²) < 4.78 is 39.8. The molecule has 0 bridgehead atoms. The first-order chi connectivity index (χ1) is 14.3. The fourth-order valence-corrected chi connectivity index (χ4v) is 4.20. The fraction of sp³-hybridized carbons (Fsp3) is 0.500. The van der Waals surface area contributed by atoms with Gasteiger partial charge in [0.05, 0.1) is 7.11 Å². The van der Waals surface area contributed by atoms with Crippen LogP contribution in [0.15, 0.2) is 28.9 Å². The van der Waals surface area contributed by atoms with E-state index in [9.17, 15) is 18.0 Å². The van der Waals surface area contributed by atoms with Gasteiger partial charge in [0.2, 0.25) is 0 Å². The van der Waals surface area contributed by atoms with E-state index in [1.807, 2.05) is 18.2 Å². The Kier molecular flexibility index (Phi) is 7.77. The number of hydrogen-bond donors (Lipinski definition) is 0. The Hall–Kier alpha value is -2.11. The predicted molar refractivity (Wildman–Crippen MR) is 121 cm³/mol. The minimum Gasteiger partial charge on any atom is -0.468 e. The molecule has 0 aliphatic rings. The average molecular weight is 518 g/mol. The molecule has 0 atom stereocenters. The van der Waals surface area contributed by atoms with Crippen molar-refractivity contribution in [2.75, 3.05) is 27.7 Å². The number of ether oxygens (including phenoxy) is 2. The van der Waals surface area contributed by atoms with Crippen LogP contribution in [-0.2, 0) is 37.4 Å². The van der Waals surface area contributed by atoms with E-state index in [1.54, 1.807) is 31.5 Å². The van der Waals surface area contributed by atoms with E-state index in [1.165, 1.54) is 21.2 Å². The van der Waals surface area contributed by atoms with Gasteiger partial charge in [-0.2, -0.15) is 17.0 Å². The number of benzene rings is 1. The number of nitrogens with zero attached hydrogens (tertiary/aromatic N) is 3. The van der Waals surface area contributed by atoms with Gasteiger partial charge in [0.15, 0.2) is 0 Å². The summed E-state index contributed by atoms with van der Waals surface area (Å²) >= 11 is 3.43. The number of aromatic nitrogens is 1. The van der Waals surface area contributed by atoms with Crippen molar-refractivity contribution < 1.29 is 27.5 Å². The van der Waals surface area contributed by atoms with Crippen LogP contribution in [0.5, 0.6) is 0 Å².